The second-order valence-corrected chi connectivity index (χ2v) is 4.99. The van der Waals surface area contributed by atoms with Crippen molar-refractivity contribution >= 4 is 0 Å². The molecule has 1 N–H and O–H groups in total. The summed E-state index contributed by atoms with van der Waals surface area (Å²) in [6.07, 6.45) is 0. The van der Waals surface area contributed by atoms with Crippen LogP contribution in [0.2, 0.25) is 0 Å². The third-order valence-electron chi connectivity index (χ3n) is 3.56. The molecule has 1 aromatic rings. The van der Waals surface area contributed by atoms with Gasteiger partial charge in [-0.1, -0.05) is 11.6 Å². The Hall–Kier alpha value is -1.06. The quantitative estimate of drug-likeness (QED) is 0.876. The molecule has 0 heterocycles. The molecular weight excluding hydrogens is 216 g/mol. The molecule has 0 amide bonds. The van der Waals surface area contributed by atoms with E-state index in [0.29, 0.717) is 5.75 Å². The van der Waals surface area contributed by atoms with Gasteiger partial charge in [-0.25, -0.2) is 0 Å². The molecule has 0 saturated heterocycles. The Morgan fingerprint density at radius 1 is 1.12 bits per heavy atom. The smallest absolute Gasteiger partial charge is 0.125 e. The lowest BCUT2D eigenvalue weighted by molar-refractivity contribution is -0.146. The Balaban J connectivity index is 3.36. The zero-order valence-electron chi connectivity index (χ0n) is 11.5. The Morgan fingerprint density at radius 2 is 1.71 bits per heavy atom. The van der Waals surface area contributed by atoms with Gasteiger partial charge in [0, 0.05) is 12.7 Å². The molecule has 0 spiro atoms. The predicted molar refractivity (Wildman–Crippen MR) is 68.4 cm³/mol. The molecule has 0 bridgehead atoms. The van der Waals surface area contributed by atoms with Crippen molar-refractivity contribution in [3.63, 3.8) is 0 Å². The standard InChI is InChI=1S/C14H22O3/c1-10-7-8-12(16-5)11(9-10)14(4,15)13(2,3)17-6/h7-9,15H,1-6H3. The highest BCUT2D eigenvalue weighted by Crippen LogP contribution is 2.39. The number of benzene rings is 1. The summed E-state index contributed by atoms with van der Waals surface area (Å²) in [6, 6.07) is 5.75. The maximum absolute atomic E-state index is 10.7. The Labute approximate surface area is 103 Å². The fourth-order valence-corrected chi connectivity index (χ4v) is 1.73. The monoisotopic (exact) mass is 238 g/mol. The maximum Gasteiger partial charge on any atom is 0.125 e. The van der Waals surface area contributed by atoms with E-state index < -0.39 is 11.2 Å². The summed E-state index contributed by atoms with van der Waals surface area (Å²) in [4.78, 5) is 0. The molecule has 1 rings (SSSR count). The largest absolute Gasteiger partial charge is 0.496 e. The average molecular weight is 238 g/mol. The second kappa shape index (κ2) is 4.67. The summed E-state index contributed by atoms with van der Waals surface area (Å²) in [5, 5.41) is 10.7. The maximum atomic E-state index is 10.7. The molecule has 1 atom stereocenters. The molecular formula is C14H22O3. The number of hydrogen-bond donors (Lipinski definition) is 1. The Morgan fingerprint density at radius 3 is 2.18 bits per heavy atom. The van der Waals surface area contributed by atoms with Crippen LogP contribution in [0.1, 0.15) is 31.9 Å². The van der Waals surface area contributed by atoms with Gasteiger partial charge in [-0.2, -0.15) is 0 Å². The topological polar surface area (TPSA) is 38.7 Å². The van der Waals surface area contributed by atoms with E-state index in [9.17, 15) is 5.11 Å². The minimum Gasteiger partial charge on any atom is -0.496 e. The van der Waals surface area contributed by atoms with Gasteiger partial charge in [0.25, 0.3) is 0 Å². The van der Waals surface area contributed by atoms with Gasteiger partial charge in [0.1, 0.15) is 11.4 Å². The fourth-order valence-electron chi connectivity index (χ4n) is 1.73. The van der Waals surface area contributed by atoms with Crippen LogP contribution in [0.15, 0.2) is 18.2 Å². The first-order chi connectivity index (χ1) is 7.76. The van der Waals surface area contributed by atoms with E-state index in [4.69, 9.17) is 9.47 Å². The minimum absolute atomic E-state index is 0.672. The van der Waals surface area contributed by atoms with Crippen LogP contribution in [0.4, 0.5) is 0 Å². The molecule has 0 aliphatic rings. The van der Waals surface area contributed by atoms with Crippen LogP contribution in [-0.4, -0.2) is 24.9 Å². The Kier molecular flexibility index (Phi) is 3.84. The van der Waals surface area contributed by atoms with Crippen LogP contribution in [-0.2, 0) is 10.3 Å². The summed E-state index contributed by atoms with van der Waals surface area (Å²) < 4.78 is 10.7. The molecule has 1 unspecified atom stereocenters. The van der Waals surface area contributed by atoms with Crippen molar-refractivity contribution in [3.8, 4) is 5.75 Å². The van der Waals surface area contributed by atoms with Gasteiger partial charge in [-0.3, -0.25) is 0 Å². The predicted octanol–water partition coefficient (Wildman–Crippen LogP) is 2.64. The summed E-state index contributed by atoms with van der Waals surface area (Å²) in [5.41, 5.74) is -0.00692. The highest BCUT2D eigenvalue weighted by Gasteiger charge is 2.43. The first-order valence-corrected chi connectivity index (χ1v) is 5.69. The van der Waals surface area contributed by atoms with Gasteiger partial charge in [-0.15, -0.1) is 0 Å². The Bertz CT molecular complexity index is 394. The SMILES string of the molecule is COc1ccc(C)cc1C(C)(O)C(C)(C)OC. The van der Waals surface area contributed by atoms with Gasteiger partial charge in [0.05, 0.1) is 12.7 Å². The van der Waals surface area contributed by atoms with E-state index in [2.05, 4.69) is 0 Å². The highest BCUT2D eigenvalue weighted by atomic mass is 16.5. The summed E-state index contributed by atoms with van der Waals surface area (Å²) in [6.45, 7) is 7.44. The van der Waals surface area contributed by atoms with Crippen LogP contribution in [0.3, 0.4) is 0 Å². The number of aliphatic hydroxyl groups is 1. The average Bonchev–Trinajstić information content (AvgIpc) is 2.28. The lowest BCUT2D eigenvalue weighted by atomic mass is 9.80. The molecule has 3 nitrogen and oxygen atoms in total. The van der Waals surface area contributed by atoms with E-state index in [-0.39, 0.29) is 0 Å². The van der Waals surface area contributed by atoms with Crippen molar-refractivity contribution in [3.05, 3.63) is 29.3 Å². The van der Waals surface area contributed by atoms with Crippen molar-refractivity contribution in [2.45, 2.75) is 38.9 Å². The molecule has 0 aliphatic heterocycles. The summed E-state index contributed by atoms with van der Waals surface area (Å²) in [5.74, 6) is 0.672. The first kappa shape index (κ1) is 14.0. The molecule has 0 aliphatic carbocycles. The van der Waals surface area contributed by atoms with Crippen LogP contribution >= 0.6 is 0 Å². The number of rotatable bonds is 4. The fraction of sp³-hybridized carbons (Fsp3) is 0.571. The third kappa shape index (κ3) is 2.45. The lowest BCUT2D eigenvalue weighted by Gasteiger charge is -2.39. The van der Waals surface area contributed by atoms with E-state index in [1.165, 1.54) is 0 Å². The molecule has 0 radical (unpaired) electrons. The third-order valence-corrected chi connectivity index (χ3v) is 3.56. The number of hydrogen-bond acceptors (Lipinski definition) is 3. The zero-order chi connectivity index (χ0) is 13.3. The van der Waals surface area contributed by atoms with Crippen LogP contribution < -0.4 is 4.74 Å². The number of aryl methyl sites for hydroxylation is 1. The minimum atomic E-state index is -1.13. The summed E-state index contributed by atoms with van der Waals surface area (Å²) >= 11 is 0. The van der Waals surface area contributed by atoms with E-state index in [1.54, 1.807) is 21.1 Å². The molecule has 0 fully saturated rings. The normalized spacial score (nSPS) is 15.5. The van der Waals surface area contributed by atoms with Gasteiger partial charge in [0.15, 0.2) is 0 Å². The van der Waals surface area contributed by atoms with E-state index in [0.717, 1.165) is 11.1 Å². The van der Waals surface area contributed by atoms with Gasteiger partial charge in [0.2, 0.25) is 0 Å². The molecule has 0 saturated carbocycles. The highest BCUT2D eigenvalue weighted by molar-refractivity contribution is 5.42. The number of methoxy groups -OCH3 is 2. The lowest BCUT2D eigenvalue weighted by Crippen LogP contribution is -2.46. The van der Waals surface area contributed by atoms with Crippen LogP contribution in [0.25, 0.3) is 0 Å². The van der Waals surface area contributed by atoms with Crippen molar-refractivity contribution in [2.24, 2.45) is 0 Å². The molecule has 3 heteroatoms. The van der Waals surface area contributed by atoms with Gasteiger partial charge >= 0.3 is 0 Å². The van der Waals surface area contributed by atoms with Crippen molar-refractivity contribution in [2.75, 3.05) is 14.2 Å². The van der Waals surface area contributed by atoms with E-state index in [1.807, 2.05) is 39.0 Å². The van der Waals surface area contributed by atoms with Gasteiger partial charge in [-0.05, 0) is 39.8 Å². The van der Waals surface area contributed by atoms with Crippen LogP contribution in [0.5, 0.6) is 5.75 Å². The molecule has 17 heavy (non-hydrogen) atoms. The molecule has 0 aromatic heterocycles. The van der Waals surface area contributed by atoms with Gasteiger partial charge < -0.3 is 14.6 Å². The number of ether oxygens (including phenoxy) is 2. The van der Waals surface area contributed by atoms with E-state index >= 15 is 0 Å². The molecule has 96 valence electrons. The summed E-state index contributed by atoms with van der Waals surface area (Å²) in [7, 11) is 3.20. The van der Waals surface area contributed by atoms with Crippen molar-refractivity contribution in [1.82, 2.24) is 0 Å². The van der Waals surface area contributed by atoms with Crippen LogP contribution in [0, 0.1) is 6.92 Å². The van der Waals surface area contributed by atoms with Crippen molar-refractivity contribution in [1.29, 1.82) is 0 Å². The molecule has 1 aromatic carbocycles. The second-order valence-electron chi connectivity index (χ2n) is 4.99. The van der Waals surface area contributed by atoms with Crippen molar-refractivity contribution < 1.29 is 14.6 Å². The first-order valence-electron chi connectivity index (χ1n) is 5.69. The zero-order valence-corrected chi connectivity index (χ0v) is 11.5.